The molecule has 0 aliphatic carbocycles. The number of aliphatic hydroxyl groups excluding tert-OH is 2. The number of aliphatic hydroxyl groups is 2. The van der Waals surface area contributed by atoms with Crippen molar-refractivity contribution < 1.29 is 24.0 Å². The predicted molar refractivity (Wildman–Crippen MR) is 84.2 cm³/mol. The molecule has 0 bridgehead atoms. The van der Waals surface area contributed by atoms with Crippen LogP contribution in [0.4, 0.5) is 5.82 Å². The molecule has 3 heterocycles. The molecule has 1 unspecified atom stereocenters. The maximum absolute atomic E-state index is 10.9. The Morgan fingerprint density at radius 2 is 2.30 bits per heavy atom. The minimum absolute atomic E-state index is 0.160. The second-order valence-electron chi connectivity index (χ2n) is 5.39. The highest BCUT2D eigenvalue weighted by atomic mass is 32.7. The van der Waals surface area contributed by atoms with Crippen LogP contribution in [0.15, 0.2) is 18.5 Å². The van der Waals surface area contributed by atoms with Crippen molar-refractivity contribution in [1.29, 1.82) is 0 Å². The highest BCUT2D eigenvalue weighted by Crippen LogP contribution is 2.41. The van der Waals surface area contributed by atoms with Crippen LogP contribution >= 0.6 is 19.5 Å². The Balaban J connectivity index is 1.97. The molecule has 5 atom stereocenters. The molecule has 1 saturated heterocycles. The maximum atomic E-state index is 10.9. The molecule has 0 spiro atoms. The van der Waals surface area contributed by atoms with Gasteiger partial charge in [-0.25, -0.2) is 9.50 Å². The number of nitrogens with zero attached hydrogens (tertiary/aromatic N) is 3. The van der Waals surface area contributed by atoms with Crippen LogP contribution in [0.3, 0.4) is 0 Å². The number of hydrogen-bond donors (Lipinski definition) is 4. The van der Waals surface area contributed by atoms with Gasteiger partial charge in [-0.05, 0) is 23.6 Å². The first-order valence-electron chi connectivity index (χ1n) is 6.76. The van der Waals surface area contributed by atoms with Gasteiger partial charge in [0.05, 0.1) is 5.69 Å². The van der Waals surface area contributed by atoms with Crippen molar-refractivity contribution in [2.45, 2.75) is 30.8 Å². The molecular weight excluding hydrogens is 343 g/mol. The van der Waals surface area contributed by atoms with E-state index >= 15 is 0 Å². The second-order valence-corrected chi connectivity index (χ2v) is 7.11. The predicted octanol–water partition coefficient (Wildman–Crippen LogP) is 0.251. The van der Waals surface area contributed by atoms with E-state index in [0.717, 1.165) is 0 Å². The van der Waals surface area contributed by atoms with E-state index in [9.17, 15) is 14.8 Å². The van der Waals surface area contributed by atoms with E-state index in [-0.39, 0.29) is 12.4 Å². The minimum Gasteiger partial charge on any atom is -0.387 e. The Morgan fingerprint density at radius 3 is 3.00 bits per heavy atom. The fourth-order valence-corrected chi connectivity index (χ4v) is 3.27. The third-order valence-electron chi connectivity index (χ3n) is 4.00. The molecule has 1 aliphatic heterocycles. The van der Waals surface area contributed by atoms with Crippen LogP contribution in [0, 0.1) is 0 Å². The van der Waals surface area contributed by atoms with Gasteiger partial charge in [-0.3, -0.25) is 0 Å². The van der Waals surface area contributed by atoms with Gasteiger partial charge in [0, 0.05) is 0 Å². The summed E-state index contributed by atoms with van der Waals surface area (Å²) in [5.41, 5.74) is 5.62. The van der Waals surface area contributed by atoms with Crippen LogP contribution in [0.25, 0.3) is 5.52 Å². The molecule has 4 N–H and O–H groups in total. The molecule has 3 rings (SSSR count). The van der Waals surface area contributed by atoms with E-state index in [0.29, 0.717) is 11.2 Å². The molecule has 11 heteroatoms. The SMILES string of the molecule is C[C@@]1(c2ccc3c(N)ncnn23)O[C@H](CO[P+](=O)S)[C@@H](O)[C@H]1O. The number of rotatable bonds is 4. The van der Waals surface area contributed by atoms with E-state index in [4.69, 9.17) is 15.0 Å². The van der Waals surface area contributed by atoms with E-state index < -0.39 is 31.1 Å². The van der Waals surface area contributed by atoms with Crippen molar-refractivity contribution >= 4 is 30.8 Å². The van der Waals surface area contributed by atoms with Crippen LogP contribution in [0.1, 0.15) is 12.6 Å². The smallest absolute Gasteiger partial charge is 0.387 e. The van der Waals surface area contributed by atoms with Crippen LogP contribution in [-0.2, 0) is 19.4 Å². The molecule has 124 valence electrons. The zero-order valence-corrected chi connectivity index (χ0v) is 13.9. The van der Waals surface area contributed by atoms with E-state index in [1.165, 1.54) is 10.8 Å². The number of fused-ring (bicyclic) bond motifs is 1. The maximum Gasteiger partial charge on any atom is 0.582 e. The number of hydrogen-bond acceptors (Lipinski definition) is 8. The number of aromatic nitrogens is 3. The van der Waals surface area contributed by atoms with Gasteiger partial charge >= 0.3 is 7.23 Å². The standard InChI is InChI=1S/C12H15N4O5PS/c1-12(8-3-2-6-11(13)14-5-15-16(6)8)10(18)9(17)7(21-12)4-20-22(19)23/h2-3,5,7,9-10,17-18H,4H2,1H3,(H2-,13,14,15,19,23)/p+1/t7-,9-,10-,12+/m1/s1. The number of ether oxygens (including phenoxy) is 1. The first kappa shape index (κ1) is 16.6. The zero-order valence-electron chi connectivity index (χ0n) is 12.1. The highest BCUT2D eigenvalue weighted by molar-refractivity contribution is 8.39. The highest BCUT2D eigenvalue weighted by Gasteiger charge is 2.54. The topological polar surface area (TPSA) is 132 Å². The first-order chi connectivity index (χ1) is 10.8. The Kier molecular flexibility index (Phi) is 4.30. The minimum atomic E-state index is -2.13. The molecular formula is C12H16N4O5PS+. The molecule has 23 heavy (non-hydrogen) atoms. The average Bonchev–Trinajstić information content (AvgIpc) is 3.03. The summed E-state index contributed by atoms with van der Waals surface area (Å²) in [5, 5.41) is 24.7. The van der Waals surface area contributed by atoms with Crippen molar-refractivity contribution in [3.05, 3.63) is 24.2 Å². The fraction of sp³-hybridized carbons (Fsp3) is 0.500. The van der Waals surface area contributed by atoms with Gasteiger partial charge in [0.15, 0.2) is 5.82 Å². The summed E-state index contributed by atoms with van der Waals surface area (Å²) in [6.07, 6.45) is -2.01. The monoisotopic (exact) mass is 359 g/mol. The number of nitrogen functional groups attached to an aromatic ring is 1. The first-order valence-corrected chi connectivity index (χ1v) is 9.09. The quantitative estimate of drug-likeness (QED) is 0.451. The Morgan fingerprint density at radius 1 is 1.57 bits per heavy atom. The van der Waals surface area contributed by atoms with Crippen molar-refractivity contribution in [2.75, 3.05) is 12.3 Å². The summed E-state index contributed by atoms with van der Waals surface area (Å²) in [7, 11) is -2.13. The number of nitrogens with two attached hydrogens (primary N) is 1. The second kappa shape index (κ2) is 5.97. The lowest BCUT2D eigenvalue weighted by Gasteiger charge is -2.27. The Labute approximate surface area is 137 Å². The van der Waals surface area contributed by atoms with Gasteiger partial charge in [-0.2, -0.15) is 5.10 Å². The van der Waals surface area contributed by atoms with Crippen molar-refractivity contribution in [3.8, 4) is 0 Å². The van der Waals surface area contributed by atoms with Gasteiger partial charge in [0.25, 0.3) is 0 Å². The Bertz CT molecular complexity index is 758. The molecule has 0 aromatic carbocycles. The summed E-state index contributed by atoms with van der Waals surface area (Å²) in [6.45, 7) is 1.47. The van der Waals surface area contributed by atoms with Crippen molar-refractivity contribution in [2.24, 2.45) is 0 Å². The van der Waals surface area contributed by atoms with Crippen LogP contribution in [0.2, 0.25) is 0 Å². The third-order valence-corrected chi connectivity index (χ3v) is 4.72. The van der Waals surface area contributed by atoms with Gasteiger partial charge in [0.1, 0.15) is 54.6 Å². The normalized spacial score (nSPS) is 31.7. The van der Waals surface area contributed by atoms with Crippen LogP contribution < -0.4 is 5.73 Å². The van der Waals surface area contributed by atoms with Gasteiger partial charge < -0.3 is 20.7 Å². The van der Waals surface area contributed by atoms with Crippen LogP contribution in [0.5, 0.6) is 0 Å². The number of anilines is 1. The molecule has 0 amide bonds. The Hall–Kier alpha value is -1.29. The summed E-state index contributed by atoms with van der Waals surface area (Å²) in [6, 6.07) is 3.39. The molecule has 2 aromatic heterocycles. The summed E-state index contributed by atoms with van der Waals surface area (Å²) < 4.78 is 23.1. The van der Waals surface area contributed by atoms with Crippen LogP contribution in [-0.4, -0.2) is 49.7 Å². The fourth-order valence-electron chi connectivity index (χ4n) is 2.79. The molecule has 0 saturated carbocycles. The zero-order chi connectivity index (χ0) is 16.8. The largest absolute Gasteiger partial charge is 0.582 e. The molecule has 1 fully saturated rings. The molecule has 0 radical (unpaired) electrons. The molecule has 1 aliphatic rings. The van der Waals surface area contributed by atoms with Gasteiger partial charge in [0.2, 0.25) is 0 Å². The average molecular weight is 359 g/mol. The van der Waals surface area contributed by atoms with Crippen molar-refractivity contribution in [3.63, 3.8) is 0 Å². The summed E-state index contributed by atoms with van der Waals surface area (Å²) >= 11 is 3.64. The number of thiol groups is 1. The third kappa shape index (κ3) is 2.71. The lowest BCUT2D eigenvalue weighted by Crippen LogP contribution is -2.39. The van der Waals surface area contributed by atoms with E-state index in [2.05, 4.69) is 22.3 Å². The molecule has 2 aromatic rings. The van der Waals surface area contributed by atoms with E-state index in [1.807, 2.05) is 0 Å². The summed E-state index contributed by atoms with van der Waals surface area (Å²) in [5.74, 6) is 0.287. The van der Waals surface area contributed by atoms with Gasteiger partial charge in [-0.1, -0.05) is 0 Å². The molecule has 9 nitrogen and oxygen atoms in total. The van der Waals surface area contributed by atoms with Crippen molar-refractivity contribution in [1.82, 2.24) is 14.6 Å². The van der Waals surface area contributed by atoms with Gasteiger partial charge in [-0.15, -0.1) is 4.52 Å². The summed E-state index contributed by atoms with van der Waals surface area (Å²) in [4.78, 5) is 3.90. The lowest BCUT2D eigenvalue weighted by molar-refractivity contribution is -0.0860. The lowest BCUT2D eigenvalue weighted by atomic mass is 9.93. The van der Waals surface area contributed by atoms with E-state index in [1.54, 1.807) is 19.1 Å².